The Hall–Kier alpha value is -1.18. The standard InChI is InChI=1S/C4H11N.C4H6O6/c1-3-5-4-2;5-1(3(7)8)2(6)4(9)10/h5H,3-4H2,1-2H3;1-2,5-6H,(H,7,8)(H,9,10)/t;1-,2-/m.1/s1. The van der Waals surface area contributed by atoms with E-state index in [-0.39, 0.29) is 0 Å². The normalized spacial score (nSPS) is 13.3. The van der Waals surface area contributed by atoms with E-state index in [0.29, 0.717) is 0 Å². The van der Waals surface area contributed by atoms with Crippen LogP contribution < -0.4 is 10.4 Å². The number of quaternary nitrogens is 1. The summed E-state index contributed by atoms with van der Waals surface area (Å²) in [7, 11) is 0. The second-order valence-corrected chi connectivity index (χ2v) is 2.65. The SMILES string of the molecule is CC[NH2+]CC.O=C([O-])[C@H](O)[C@@H](O)C(=O)O. The Morgan fingerprint density at radius 2 is 1.60 bits per heavy atom. The number of aliphatic carboxylic acids is 2. The van der Waals surface area contributed by atoms with Gasteiger partial charge in [-0.2, -0.15) is 0 Å². The maximum absolute atomic E-state index is 9.74. The number of hydrogen-bond acceptors (Lipinski definition) is 5. The Morgan fingerprint density at radius 3 is 1.67 bits per heavy atom. The van der Waals surface area contributed by atoms with Crippen molar-refractivity contribution in [2.24, 2.45) is 0 Å². The lowest BCUT2D eigenvalue weighted by Gasteiger charge is -2.13. The van der Waals surface area contributed by atoms with E-state index < -0.39 is 24.1 Å². The van der Waals surface area contributed by atoms with Crippen molar-refractivity contribution in [3.05, 3.63) is 0 Å². The molecule has 0 bridgehead atoms. The first-order valence-corrected chi connectivity index (χ1v) is 4.49. The minimum atomic E-state index is -2.38. The highest BCUT2D eigenvalue weighted by atomic mass is 16.4. The lowest BCUT2D eigenvalue weighted by Crippen LogP contribution is -2.82. The van der Waals surface area contributed by atoms with Crippen molar-refractivity contribution in [3.63, 3.8) is 0 Å². The fourth-order valence-electron chi connectivity index (χ4n) is 0.553. The van der Waals surface area contributed by atoms with E-state index in [1.807, 2.05) is 0 Å². The summed E-state index contributed by atoms with van der Waals surface area (Å²) >= 11 is 0. The van der Waals surface area contributed by atoms with Crippen LogP contribution in [0.15, 0.2) is 0 Å². The number of nitrogens with two attached hydrogens (primary N) is 1. The van der Waals surface area contributed by atoms with Crippen LogP contribution in [0.1, 0.15) is 13.8 Å². The Morgan fingerprint density at radius 1 is 1.20 bits per heavy atom. The second-order valence-electron chi connectivity index (χ2n) is 2.65. The molecule has 0 radical (unpaired) electrons. The summed E-state index contributed by atoms with van der Waals surface area (Å²) in [6, 6.07) is 0. The number of carbonyl (C=O) groups excluding carboxylic acids is 1. The maximum atomic E-state index is 9.74. The molecule has 0 unspecified atom stereocenters. The highest BCUT2D eigenvalue weighted by Gasteiger charge is 2.23. The number of rotatable bonds is 5. The molecule has 0 aliphatic carbocycles. The fraction of sp³-hybridized carbons (Fsp3) is 0.750. The third-order valence-corrected chi connectivity index (χ3v) is 1.37. The van der Waals surface area contributed by atoms with E-state index in [4.69, 9.17) is 15.3 Å². The summed E-state index contributed by atoms with van der Waals surface area (Å²) in [5.41, 5.74) is 0. The predicted octanol–water partition coefficient (Wildman–Crippen LogP) is -3.87. The number of carboxylic acids is 2. The predicted molar refractivity (Wildman–Crippen MR) is 47.7 cm³/mol. The van der Waals surface area contributed by atoms with Crippen molar-refractivity contribution in [2.75, 3.05) is 13.1 Å². The van der Waals surface area contributed by atoms with Crippen LogP contribution in [0.25, 0.3) is 0 Å². The molecule has 90 valence electrons. The maximum Gasteiger partial charge on any atom is 0.335 e. The molecule has 7 heteroatoms. The molecule has 0 aliphatic heterocycles. The van der Waals surface area contributed by atoms with E-state index >= 15 is 0 Å². The fourth-order valence-corrected chi connectivity index (χ4v) is 0.553. The van der Waals surface area contributed by atoms with Gasteiger partial charge in [-0.3, -0.25) is 0 Å². The zero-order chi connectivity index (χ0) is 12.4. The van der Waals surface area contributed by atoms with E-state index in [1.165, 1.54) is 13.1 Å². The highest BCUT2D eigenvalue weighted by Crippen LogP contribution is 1.90. The number of aliphatic hydroxyl groups is 2. The molecule has 15 heavy (non-hydrogen) atoms. The first-order chi connectivity index (χ1) is 6.88. The van der Waals surface area contributed by atoms with Gasteiger partial charge in [-0.25, -0.2) is 4.79 Å². The molecule has 0 spiro atoms. The summed E-state index contributed by atoms with van der Waals surface area (Å²) in [6.07, 6.45) is -4.71. The molecule has 0 aromatic heterocycles. The Labute approximate surface area is 87.3 Å². The first kappa shape index (κ1) is 16.3. The molecule has 0 aromatic rings. The first-order valence-electron chi connectivity index (χ1n) is 4.49. The van der Waals surface area contributed by atoms with Gasteiger partial charge < -0.3 is 30.5 Å². The van der Waals surface area contributed by atoms with Crippen molar-refractivity contribution in [3.8, 4) is 0 Å². The van der Waals surface area contributed by atoms with Gasteiger partial charge in [-0.15, -0.1) is 0 Å². The van der Waals surface area contributed by atoms with Gasteiger partial charge in [0.1, 0.15) is 6.10 Å². The average Bonchev–Trinajstić information content (AvgIpc) is 2.17. The molecule has 7 nitrogen and oxygen atoms in total. The van der Waals surface area contributed by atoms with Gasteiger partial charge in [0, 0.05) is 0 Å². The van der Waals surface area contributed by atoms with E-state index in [2.05, 4.69) is 19.2 Å². The highest BCUT2D eigenvalue weighted by molar-refractivity contribution is 5.81. The van der Waals surface area contributed by atoms with Gasteiger partial charge in [0.15, 0.2) is 6.10 Å². The molecule has 0 fully saturated rings. The Balaban J connectivity index is 0. The van der Waals surface area contributed by atoms with Crippen molar-refractivity contribution in [1.82, 2.24) is 0 Å². The second kappa shape index (κ2) is 9.38. The molecule has 0 saturated heterocycles. The lowest BCUT2D eigenvalue weighted by molar-refractivity contribution is -0.648. The van der Waals surface area contributed by atoms with Crippen molar-refractivity contribution >= 4 is 11.9 Å². The van der Waals surface area contributed by atoms with Crippen LogP contribution >= 0.6 is 0 Å². The Bertz CT molecular complexity index is 176. The smallest absolute Gasteiger partial charge is 0.335 e. The minimum absolute atomic E-state index is 1.22. The van der Waals surface area contributed by atoms with Crippen LogP contribution in [0.3, 0.4) is 0 Å². The molecule has 2 atom stereocenters. The zero-order valence-electron chi connectivity index (χ0n) is 8.71. The van der Waals surface area contributed by atoms with E-state index in [9.17, 15) is 14.7 Å². The monoisotopic (exact) mass is 223 g/mol. The van der Waals surface area contributed by atoms with Gasteiger partial charge in [-0.1, -0.05) is 0 Å². The Kier molecular flexibility index (Phi) is 10.2. The molecule has 0 aromatic carbocycles. The minimum Gasteiger partial charge on any atom is -0.547 e. The topological polar surface area (TPSA) is 134 Å². The molecular formula is C8H17NO6. The van der Waals surface area contributed by atoms with Crippen LogP contribution in [0, 0.1) is 0 Å². The quantitative estimate of drug-likeness (QED) is 0.376. The lowest BCUT2D eigenvalue weighted by atomic mass is 10.2. The number of carboxylic acid groups (broad SMARTS) is 2. The van der Waals surface area contributed by atoms with Crippen LogP contribution in [-0.2, 0) is 9.59 Å². The van der Waals surface area contributed by atoms with Crippen LogP contribution in [0.5, 0.6) is 0 Å². The van der Waals surface area contributed by atoms with Gasteiger partial charge in [0.2, 0.25) is 0 Å². The number of carbonyl (C=O) groups is 2. The van der Waals surface area contributed by atoms with Crippen molar-refractivity contribution in [1.29, 1.82) is 0 Å². The van der Waals surface area contributed by atoms with Crippen LogP contribution in [0.2, 0.25) is 0 Å². The van der Waals surface area contributed by atoms with Gasteiger partial charge in [-0.05, 0) is 13.8 Å². The summed E-state index contributed by atoms with van der Waals surface area (Å²) in [4.78, 5) is 19.4. The molecule has 0 saturated carbocycles. The molecular weight excluding hydrogens is 206 g/mol. The number of hydrogen-bond donors (Lipinski definition) is 4. The van der Waals surface area contributed by atoms with Crippen LogP contribution in [0.4, 0.5) is 0 Å². The summed E-state index contributed by atoms with van der Waals surface area (Å²) < 4.78 is 0. The van der Waals surface area contributed by atoms with Gasteiger partial charge >= 0.3 is 5.97 Å². The van der Waals surface area contributed by atoms with Gasteiger partial charge in [0.05, 0.1) is 19.1 Å². The van der Waals surface area contributed by atoms with Crippen LogP contribution in [-0.4, -0.2) is 52.6 Å². The molecule has 0 rings (SSSR count). The van der Waals surface area contributed by atoms with Gasteiger partial charge in [0.25, 0.3) is 0 Å². The summed E-state index contributed by atoms with van der Waals surface area (Å²) in [5, 5.41) is 36.4. The van der Waals surface area contributed by atoms with E-state index in [0.717, 1.165) is 0 Å². The zero-order valence-corrected chi connectivity index (χ0v) is 8.71. The van der Waals surface area contributed by atoms with Crippen molar-refractivity contribution < 1.29 is 35.3 Å². The summed E-state index contributed by atoms with van der Waals surface area (Å²) in [6.45, 7) is 6.75. The average molecular weight is 223 g/mol. The molecule has 0 amide bonds. The van der Waals surface area contributed by atoms with Crippen molar-refractivity contribution in [2.45, 2.75) is 26.1 Å². The molecule has 0 heterocycles. The van der Waals surface area contributed by atoms with E-state index in [1.54, 1.807) is 0 Å². The third kappa shape index (κ3) is 9.13. The largest absolute Gasteiger partial charge is 0.547 e. The number of aliphatic hydroxyl groups excluding tert-OH is 2. The molecule has 0 aliphatic rings. The molecule has 5 N–H and O–H groups in total. The third-order valence-electron chi connectivity index (χ3n) is 1.37. The summed E-state index contributed by atoms with van der Waals surface area (Å²) in [5.74, 6) is -3.83.